The first-order valence-corrected chi connectivity index (χ1v) is 10.4. The molecule has 1 aromatic carbocycles. The fraction of sp³-hybridized carbons (Fsp3) is 0.455. The van der Waals surface area contributed by atoms with Crippen LogP contribution in [0.2, 0.25) is 0 Å². The van der Waals surface area contributed by atoms with Crippen LogP contribution >= 0.6 is 0 Å². The van der Waals surface area contributed by atoms with E-state index in [4.69, 9.17) is 0 Å². The Hall–Kier alpha value is -2.96. The summed E-state index contributed by atoms with van der Waals surface area (Å²) >= 11 is 0. The second-order valence-electron chi connectivity index (χ2n) is 8.36. The zero-order valence-corrected chi connectivity index (χ0v) is 17.0. The summed E-state index contributed by atoms with van der Waals surface area (Å²) in [5, 5.41) is 9.68. The van der Waals surface area contributed by atoms with Crippen molar-refractivity contribution < 1.29 is 0 Å². The maximum atomic E-state index is 12.2. The highest BCUT2D eigenvalue weighted by Gasteiger charge is 2.22. The van der Waals surface area contributed by atoms with Crippen LogP contribution in [0.5, 0.6) is 0 Å². The van der Waals surface area contributed by atoms with Gasteiger partial charge in [-0.15, -0.1) is 5.10 Å². The molecule has 0 radical (unpaired) electrons. The molecule has 1 saturated heterocycles. The highest BCUT2D eigenvalue weighted by atomic mass is 16.1. The van der Waals surface area contributed by atoms with Gasteiger partial charge < -0.3 is 14.4 Å². The number of anilines is 2. The number of rotatable bonds is 2. The van der Waals surface area contributed by atoms with Crippen molar-refractivity contribution in [1.82, 2.24) is 19.7 Å². The third kappa shape index (κ3) is 3.34. The maximum absolute atomic E-state index is 12.2. The molecule has 1 atom stereocenters. The Kier molecular flexibility index (Phi) is 4.45. The van der Waals surface area contributed by atoms with Crippen molar-refractivity contribution in [1.29, 1.82) is 0 Å². The van der Waals surface area contributed by atoms with Gasteiger partial charge in [-0.3, -0.25) is 4.79 Å². The smallest absolute Gasteiger partial charge is 0.260 e. The summed E-state index contributed by atoms with van der Waals surface area (Å²) in [5.41, 5.74) is 4.41. The van der Waals surface area contributed by atoms with E-state index in [-0.39, 0.29) is 5.56 Å². The Morgan fingerprint density at radius 2 is 1.83 bits per heavy atom. The first-order chi connectivity index (χ1) is 14.1. The Bertz CT molecular complexity index is 1120. The van der Waals surface area contributed by atoms with Gasteiger partial charge in [-0.1, -0.05) is 6.92 Å². The molecule has 29 heavy (non-hydrogen) atoms. The number of benzene rings is 1. The van der Waals surface area contributed by atoms with Crippen molar-refractivity contribution in [3.05, 3.63) is 52.2 Å². The van der Waals surface area contributed by atoms with Crippen LogP contribution < -0.4 is 15.4 Å². The average molecular weight is 390 g/mol. The molecule has 0 saturated carbocycles. The quantitative estimate of drug-likeness (QED) is 0.668. The molecule has 3 heterocycles. The van der Waals surface area contributed by atoms with E-state index in [9.17, 15) is 4.79 Å². The summed E-state index contributed by atoms with van der Waals surface area (Å²) in [6.07, 6.45) is 4.96. The van der Waals surface area contributed by atoms with Gasteiger partial charge >= 0.3 is 0 Å². The Morgan fingerprint density at radius 3 is 2.66 bits per heavy atom. The highest BCUT2D eigenvalue weighted by molar-refractivity contribution is 5.81. The molecular weight excluding hydrogens is 364 g/mol. The minimum absolute atomic E-state index is 0.00771. The van der Waals surface area contributed by atoms with Gasteiger partial charge in [-0.2, -0.15) is 5.10 Å². The second-order valence-corrected chi connectivity index (χ2v) is 8.36. The van der Waals surface area contributed by atoms with Gasteiger partial charge in [0.15, 0.2) is 5.82 Å². The zero-order chi connectivity index (χ0) is 20.0. The number of aryl methyl sites for hydroxylation is 2. The summed E-state index contributed by atoms with van der Waals surface area (Å²) in [6, 6.07) is 8.19. The number of nitrogens with zero attached hydrogens (tertiary/aromatic N) is 6. The molecule has 1 fully saturated rings. The molecule has 0 spiro atoms. The van der Waals surface area contributed by atoms with Crippen LogP contribution in [0.4, 0.5) is 11.5 Å². The van der Waals surface area contributed by atoms with E-state index < -0.39 is 0 Å². The van der Waals surface area contributed by atoms with Gasteiger partial charge in [0.25, 0.3) is 5.56 Å². The molecule has 7 nitrogen and oxygen atoms in total. The van der Waals surface area contributed by atoms with Crippen LogP contribution in [0.3, 0.4) is 0 Å². The highest BCUT2D eigenvalue weighted by Crippen LogP contribution is 2.27. The van der Waals surface area contributed by atoms with Crippen LogP contribution in [0.1, 0.15) is 24.6 Å². The van der Waals surface area contributed by atoms with Crippen molar-refractivity contribution in [2.75, 3.05) is 36.0 Å². The fourth-order valence-electron chi connectivity index (χ4n) is 4.44. The second kappa shape index (κ2) is 7.13. The predicted octanol–water partition coefficient (Wildman–Crippen LogP) is 2.17. The minimum atomic E-state index is -0.00771. The fourth-order valence-corrected chi connectivity index (χ4v) is 4.44. The first kappa shape index (κ1) is 18.1. The lowest BCUT2D eigenvalue weighted by molar-refractivity contribution is 0.489. The van der Waals surface area contributed by atoms with E-state index in [0.29, 0.717) is 5.39 Å². The number of hydrogen-bond acceptors (Lipinski definition) is 6. The van der Waals surface area contributed by atoms with Crippen LogP contribution in [-0.2, 0) is 19.9 Å². The predicted molar refractivity (Wildman–Crippen MR) is 115 cm³/mol. The summed E-state index contributed by atoms with van der Waals surface area (Å²) in [4.78, 5) is 21.3. The lowest BCUT2D eigenvalue weighted by Crippen LogP contribution is -2.47. The first-order valence-electron chi connectivity index (χ1n) is 10.4. The molecule has 1 aliphatic carbocycles. The molecule has 1 unspecified atom stereocenters. The van der Waals surface area contributed by atoms with Gasteiger partial charge in [0.1, 0.15) is 0 Å². The van der Waals surface area contributed by atoms with E-state index in [2.05, 4.69) is 38.0 Å². The minimum Gasteiger partial charge on any atom is -0.368 e. The van der Waals surface area contributed by atoms with Crippen LogP contribution in [0.25, 0.3) is 10.9 Å². The number of aromatic nitrogens is 4. The molecular formula is C22H26N6O. The lowest BCUT2D eigenvalue weighted by Gasteiger charge is -2.37. The molecule has 150 valence electrons. The van der Waals surface area contributed by atoms with E-state index in [1.54, 1.807) is 13.4 Å². The van der Waals surface area contributed by atoms with E-state index in [1.165, 1.54) is 22.2 Å². The van der Waals surface area contributed by atoms with E-state index in [1.807, 2.05) is 18.2 Å². The van der Waals surface area contributed by atoms with Crippen molar-refractivity contribution in [2.45, 2.75) is 26.2 Å². The van der Waals surface area contributed by atoms with Crippen molar-refractivity contribution in [3.63, 3.8) is 0 Å². The summed E-state index contributed by atoms with van der Waals surface area (Å²) in [5.74, 6) is 1.73. The lowest BCUT2D eigenvalue weighted by atomic mass is 9.88. The van der Waals surface area contributed by atoms with Crippen LogP contribution in [0, 0.1) is 5.92 Å². The molecule has 0 amide bonds. The normalized spacial score (nSPS) is 19.4. The standard InChI is InChI=1S/C22H26N6O/c1-15-3-6-19-16(11-15)12-21(25-24-19)28-9-7-27(8-10-28)17-4-5-18-20(13-17)23-14-26(2)22(18)29/h4-5,12-15H,3,6-11H2,1-2H3. The van der Waals surface area contributed by atoms with E-state index in [0.717, 1.165) is 62.0 Å². The Balaban J connectivity index is 1.32. The van der Waals surface area contributed by atoms with E-state index >= 15 is 0 Å². The van der Waals surface area contributed by atoms with Crippen LogP contribution in [-0.4, -0.2) is 45.9 Å². The van der Waals surface area contributed by atoms with Gasteiger partial charge in [-0.25, -0.2) is 4.98 Å². The largest absolute Gasteiger partial charge is 0.368 e. The summed E-state index contributed by atoms with van der Waals surface area (Å²) in [7, 11) is 1.73. The SMILES string of the molecule is CC1CCc2nnc(N3CCN(c4ccc5c(=O)n(C)cnc5c4)CC3)cc2C1. The molecule has 1 aliphatic heterocycles. The Labute approximate surface area is 170 Å². The molecule has 0 bridgehead atoms. The Morgan fingerprint density at radius 1 is 1.03 bits per heavy atom. The molecule has 2 aliphatic rings. The van der Waals surface area contributed by atoms with Crippen molar-refractivity contribution in [2.24, 2.45) is 13.0 Å². The summed E-state index contributed by atoms with van der Waals surface area (Å²) in [6.45, 7) is 5.95. The molecule has 0 N–H and O–H groups in total. The topological polar surface area (TPSA) is 67.2 Å². The molecule has 7 heteroatoms. The third-order valence-electron chi connectivity index (χ3n) is 6.26. The number of fused-ring (bicyclic) bond motifs is 2. The average Bonchev–Trinajstić information content (AvgIpc) is 2.76. The van der Waals surface area contributed by atoms with Gasteiger partial charge in [0.2, 0.25) is 0 Å². The van der Waals surface area contributed by atoms with Crippen LogP contribution in [0.15, 0.2) is 35.4 Å². The van der Waals surface area contributed by atoms with Gasteiger partial charge in [0, 0.05) is 38.9 Å². The van der Waals surface area contributed by atoms with Crippen molar-refractivity contribution in [3.8, 4) is 0 Å². The van der Waals surface area contributed by atoms with Gasteiger partial charge in [-0.05, 0) is 55.0 Å². The third-order valence-corrected chi connectivity index (χ3v) is 6.26. The molecule has 3 aromatic rings. The summed E-state index contributed by atoms with van der Waals surface area (Å²) < 4.78 is 1.52. The van der Waals surface area contributed by atoms with Crippen molar-refractivity contribution >= 4 is 22.4 Å². The zero-order valence-electron chi connectivity index (χ0n) is 17.0. The maximum Gasteiger partial charge on any atom is 0.260 e. The number of hydrogen-bond donors (Lipinski definition) is 0. The molecule has 2 aromatic heterocycles. The van der Waals surface area contributed by atoms with Gasteiger partial charge in [0.05, 0.1) is 22.9 Å². The monoisotopic (exact) mass is 390 g/mol. The number of piperazine rings is 1. The molecule has 5 rings (SSSR count).